The van der Waals surface area contributed by atoms with E-state index in [1.165, 1.54) is 22.7 Å². The molecule has 7 nitrogen and oxygen atoms in total. The van der Waals surface area contributed by atoms with Crippen molar-refractivity contribution in [1.82, 2.24) is 14.8 Å². The average molecular weight is 410 g/mol. The Labute approximate surface area is 168 Å². The fraction of sp³-hybridized carbons (Fsp3) is 0.0526. The summed E-state index contributed by atoms with van der Waals surface area (Å²) in [6.45, 7) is 0. The number of para-hydroxylation sites is 1. The first-order valence-corrected chi connectivity index (χ1v) is 10.1. The van der Waals surface area contributed by atoms with Crippen LogP contribution in [0.2, 0.25) is 0 Å². The highest BCUT2D eigenvalue weighted by Gasteiger charge is 2.15. The molecule has 0 N–H and O–H groups in total. The van der Waals surface area contributed by atoms with Crippen molar-refractivity contribution in [3.8, 4) is 5.69 Å². The molecule has 0 radical (unpaired) electrons. The number of thioether (sulfide) groups is 1. The molecule has 3 aromatic heterocycles. The summed E-state index contributed by atoms with van der Waals surface area (Å²) >= 11 is 3.05. The minimum Gasteiger partial charge on any atom is -0.401 e. The molecular formula is C19H14N4O3S2. The van der Waals surface area contributed by atoms with E-state index in [9.17, 15) is 10.1 Å². The normalized spacial score (nSPS) is 11.3. The fourth-order valence-corrected chi connectivity index (χ4v) is 4.02. The Hall–Kier alpha value is -3.17. The van der Waals surface area contributed by atoms with E-state index in [1.54, 1.807) is 28.9 Å². The Bertz CT molecular complexity index is 1100. The van der Waals surface area contributed by atoms with Crippen molar-refractivity contribution in [2.45, 2.75) is 11.6 Å². The van der Waals surface area contributed by atoms with Crippen molar-refractivity contribution >= 4 is 35.1 Å². The predicted molar refractivity (Wildman–Crippen MR) is 109 cm³/mol. The molecule has 9 heteroatoms. The van der Waals surface area contributed by atoms with Gasteiger partial charge in [-0.05, 0) is 41.1 Å². The molecule has 0 atom stereocenters. The Morgan fingerprint density at radius 2 is 2.00 bits per heavy atom. The molecule has 0 unspecified atom stereocenters. The second-order valence-electron chi connectivity index (χ2n) is 5.68. The molecule has 0 saturated carbocycles. The summed E-state index contributed by atoms with van der Waals surface area (Å²) < 4.78 is 7.15. The maximum absolute atomic E-state index is 10.7. The van der Waals surface area contributed by atoms with Gasteiger partial charge in [-0.1, -0.05) is 36.0 Å². The van der Waals surface area contributed by atoms with Crippen LogP contribution >= 0.6 is 23.1 Å². The zero-order chi connectivity index (χ0) is 19.3. The van der Waals surface area contributed by atoms with Gasteiger partial charge in [-0.2, -0.15) is 0 Å². The minimum atomic E-state index is -0.562. The van der Waals surface area contributed by atoms with Gasteiger partial charge >= 0.3 is 5.88 Å². The van der Waals surface area contributed by atoms with E-state index >= 15 is 0 Å². The van der Waals surface area contributed by atoms with Crippen LogP contribution in [0, 0.1) is 10.1 Å². The number of hydrogen-bond donors (Lipinski definition) is 0. The highest BCUT2D eigenvalue weighted by molar-refractivity contribution is 8.02. The molecule has 140 valence electrons. The Morgan fingerprint density at radius 3 is 2.71 bits per heavy atom. The van der Waals surface area contributed by atoms with Crippen LogP contribution in [-0.2, 0) is 6.42 Å². The van der Waals surface area contributed by atoms with Crippen molar-refractivity contribution in [2.24, 2.45) is 0 Å². The third-order valence-electron chi connectivity index (χ3n) is 3.83. The van der Waals surface area contributed by atoms with E-state index in [0.29, 0.717) is 17.3 Å². The van der Waals surface area contributed by atoms with Crippen molar-refractivity contribution in [2.75, 3.05) is 0 Å². The van der Waals surface area contributed by atoms with Gasteiger partial charge in [0.25, 0.3) is 0 Å². The summed E-state index contributed by atoms with van der Waals surface area (Å²) in [6, 6.07) is 16.9. The third kappa shape index (κ3) is 4.05. The van der Waals surface area contributed by atoms with Crippen LogP contribution in [-0.4, -0.2) is 19.7 Å². The summed E-state index contributed by atoms with van der Waals surface area (Å²) in [5.74, 6) is 0.970. The molecule has 0 bridgehead atoms. The third-order valence-corrected chi connectivity index (χ3v) is 5.45. The minimum absolute atomic E-state index is 0.282. The second-order valence-corrected chi connectivity index (χ2v) is 7.58. The van der Waals surface area contributed by atoms with Crippen LogP contribution in [0.15, 0.2) is 75.0 Å². The summed E-state index contributed by atoms with van der Waals surface area (Å²) in [5, 5.41) is 23.9. The van der Waals surface area contributed by atoms with Gasteiger partial charge in [0, 0.05) is 17.0 Å². The monoisotopic (exact) mass is 410 g/mol. The molecule has 4 aromatic rings. The van der Waals surface area contributed by atoms with Crippen molar-refractivity contribution in [3.05, 3.63) is 92.0 Å². The lowest BCUT2D eigenvalue weighted by atomic mass is 10.3. The van der Waals surface area contributed by atoms with Gasteiger partial charge < -0.3 is 4.42 Å². The number of aromatic nitrogens is 3. The number of hydrogen-bond acceptors (Lipinski definition) is 7. The van der Waals surface area contributed by atoms with Crippen molar-refractivity contribution < 1.29 is 9.34 Å². The molecule has 0 amide bonds. The molecular weight excluding hydrogens is 396 g/mol. The molecule has 0 saturated heterocycles. The Kier molecular flexibility index (Phi) is 5.36. The topological polar surface area (TPSA) is 87.0 Å². The molecule has 0 aliphatic heterocycles. The number of nitrogens with zero attached hydrogens (tertiary/aromatic N) is 4. The molecule has 1 aromatic carbocycles. The van der Waals surface area contributed by atoms with Crippen LogP contribution in [0.25, 0.3) is 11.8 Å². The highest BCUT2D eigenvalue weighted by Crippen LogP contribution is 2.26. The SMILES string of the molecule is O=[N+]([O-])c1ccc(/C=C/Sc2nnc(Cc3cccs3)n2-c2ccccc2)o1. The second kappa shape index (κ2) is 8.24. The summed E-state index contributed by atoms with van der Waals surface area (Å²) in [6.07, 6.45) is 2.36. The Balaban J connectivity index is 1.60. The molecule has 0 fully saturated rings. The van der Waals surface area contributed by atoms with Gasteiger partial charge in [0.05, 0.1) is 6.07 Å². The maximum atomic E-state index is 10.7. The number of nitro groups is 1. The molecule has 4 rings (SSSR count). The first-order chi connectivity index (χ1) is 13.7. The first kappa shape index (κ1) is 18.2. The number of rotatable bonds is 7. The quantitative estimate of drug-likeness (QED) is 0.237. The van der Waals surface area contributed by atoms with E-state index in [1.807, 2.05) is 46.3 Å². The molecule has 3 heterocycles. The van der Waals surface area contributed by atoms with E-state index in [-0.39, 0.29) is 5.88 Å². The van der Waals surface area contributed by atoms with Gasteiger partial charge in [-0.15, -0.1) is 21.5 Å². The van der Waals surface area contributed by atoms with E-state index in [2.05, 4.69) is 16.3 Å². The molecule has 0 spiro atoms. The summed E-state index contributed by atoms with van der Waals surface area (Å²) in [5.41, 5.74) is 0.976. The average Bonchev–Trinajstić information content (AvgIpc) is 3.44. The first-order valence-electron chi connectivity index (χ1n) is 8.30. The number of thiophene rings is 1. The van der Waals surface area contributed by atoms with Gasteiger partial charge in [-0.25, -0.2) is 0 Å². The van der Waals surface area contributed by atoms with Crippen LogP contribution in [0.1, 0.15) is 16.5 Å². The lowest BCUT2D eigenvalue weighted by Gasteiger charge is -2.08. The number of furan rings is 1. The zero-order valence-electron chi connectivity index (χ0n) is 14.5. The van der Waals surface area contributed by atoms with Crippen molar-refractivity contribution in [1.29, 1.82) is 0 Å². The van der Waals surface area contributed by atoms with Crippen LogP contribution in [0.4, 0.5) is 5.88 Å². The van der Waals surface area contributed by atoms with Crippen LogP contribution in [0.3, 0.4) is 0 Å². The molecule has 0 aliphatic rings. The smallest absolute Gasteiger partial charge is 0.401 e. The molecule has 28 heavy (non-hydrogen) atoms. The van der Waals surface area contributed by atoms with E-state index in [4.69, 9.17) is 4.42 Å². The summed E-state index contributed by atoms with van der Waals surface area (Å²) in [7, 11) is 0. The van der Waals surface area contributed by atoms with Gasteiger partial charge in [-0.3, -0.25) is 14.7 Å². The van der Waals surface area contributed by atoms with Gasteiger partial charge in [0.2, 0.25) is 0 Å². The van der Waals surface area contributed by atoms with Gasteiger partial charge in [0.1, 0.15) is 16.5 Å². The van der Waals surface area contributed by atoms with Gasteiger partial charge in [0.15, 0.2) is 5.16 Å². The van der Waals surface area contributed by atoms with Crippen LogP contribution in [0.5, 0.6) is 0 Å². The van der Waals surface area contributed by atoms with E-state index in [0.717, 1.165) is 11.5 Å². The Morgan fingerprint density at radius 1 is 1.14 bits per heavy atom. The summed E-state index contributed by atoms with van der Waals surface area (Å²) in [4.78, 5) is 11.4. The number of benzene rings is 1. The largest absolute Gasteiger partial charge is 0.433 e. The van der Waals surface area contributed by atoms with E-state index < -0.39 is 4.92 Å². The predicted octanol–water partition coefficient (Wildman–Crippen LogP) is 5.18. The lowest BCUT2D eigenvalue weighted by Crippen LogP contribution is -2.02. The maximum Gasteiger partial charge on any atom is 0.433 e. The van der Waals surface area contributed by atoms with Crippen molar-refractivity contribution in [3.63, 3.8) is 0 Å². The fourth-order valence-electron chi connectivity index (χ4n) is 2.59. The van der Waals surface area contributed by atoms with Crippen LogP contribution < -0.4 is 0 Å². The lowest BCUT2D eigenvalue weighted by molar-refractivity contribution is -0.402. The zero-order valence-corrected chi connectivity index (χ0v) is 16.1. The standard InChI is InChI=1S/C19H14N4O3S2/c24-23(25)18-9-8-15(26-18)10-12-28-19-21-20-17(13-16-7-4-11-27-16)22(19)14-5-2-1-3-6-14/h1-12H,13H2/b12-10+. The molecule has 0 aliphatic carbocycles. The highest BCUT2D eigenvalue weighted by atomic mass is 32.2.